The number of primary amides is 1. The maximum absolute atomic E-state index is 12.3. The van der Waals surface area contributed by atoms with Crippen molar-refractivity contribution in [2.75, 3.05) is 0 Å². The Morgan fingerprint density at radius 2 is 1.78 bits per heavy atom. The third-order valence-corrected chi connectivity index (χ3v) is 4.22. The molecule has 2 amide bonds. The molecular formula is C18H18N2O3. The lowest BCUT2D eigenvalue weighted by Gasteiger charge is -2.11. The number of phenols is 1. The van der Waals surface area contributed by atoms with E-state index in [0.29, 0.717) is 6.54 Å². The Balaban J connectivity index is 1.60. The first-order valence-corrected chi connectivity index (χ1v) is 7.51. The zero-order chi connectivity index (χ0) is 16.4. The van der Waals surface area contributed by atoms with Gasteiger partial charge in [0.2, 0.25) is 5.91 Å². The van der Waals surface area contributed by atoms with Crippen LogP contribution in [0.25, 0.3) is 0 Å². The lowest BCUT2D eigenvalue weighted by Crippen LogP contribution is -2.30. The van der Waals surface area contributed by atoms with Gasteiger partial charge in [-0.15, -0.1) is 0 Å². The maximum atomic E-state index is 12.3. The predicted octanol–water partition coefficient (Wildman–Crippen LogP) is 1.52. The highest BCUT2D eigenvalue weighted by atomic mass is 16.3. The Morgan fingerprint density at radius 1 is 1.13 bits per heavy atom. The minimum atomic E-state index is -0.679. The van der Waals surface area contributed by atoms with Gasteiger partial charge in [-0.05, 0) is 41.7 Å². The van der Waals surface area contributed by atoms with E-state index in [-0.39, 0.29) is 23.1 Å². The zero-order valence-corrected chi connectivity index (χ0v) is 12.6. The Labute approximate surface area is 134 Å². The van der Waals surface area contributed by atoms with E-state index in [1.165, 1.54) is 23.3 Å². The van der Waals surface area contributed by atoms with Gasteiger partial charge in [0.1, 0.15) is 5.75 Å². The number of fused-ring (bicyclic) bond motifs is 1. The average Bonchev–Trinajstić information content (AvgIpc) is 2.96. The minimum absolute atomic E-state index is 0.000308. The van der Waals surface area contributed by atoms with Crippen LogP contribution in [0.2, 0.25) is 0 Å². The van der Waals surface area contributed by atoms with Gasteiger partial charge in [-0.3, -0.25) is 9.59 Å². The molecule has 2 aromatic rings. The van der Waals surface area contributed by atoms with E-state index in [1.54, 1.807) is 6.07 Å². The van der Waals surface area contributed by atoms with Crippen LogP contribution in [0, 0.1) is 5.92 Å². The van der Waals surface area contributed by atoms with E-state index in [4.69, 9.17) is 5.73 Å². The molecule has 0 aliphatic heterocycles. The predicted molar refractivity (Wildman–Crippen MR) is 85.8 cm³/mol. The number of amides is 2. The van der Waals surface area contributed by atoms with Crippen molar-refractivity contribution < 1.29 is 14.7 Å². The minimum Gasteiger partial charge on any atom is -0.507 e. The van der Waals surface area contributed by atoms with Gasteiger partial charge in [-0.1, -0.05) is 30.3 Å². The van der Waals surface area contributed by atoms with Crippen molar-refractivity contribution in [3.63, 3.8) is 0 Å². The Bertz CT molecular complexity index is 746. The molecule has 5 heteroatoms. The zero-order valence-electron chi connectivity index (χ0n) is 12.6. The molecule has 118 valence electrons. The third kappa shape index (κ3) is 3.18. The van der Waals surface area contributed by atoms with E-state index in [2.05, 4.69) is 17.4 Å². The highest BCUT2D eigenvalue weighted by Crippen LogP contribution is 2.26. The maximum Gasteiger partial charge on any atom is 0.252 e. The third-order valence-electron chi connectivity index (χ3n) is 4.22. The highest BCUT2D eigenvalue weighted by molar-refractivity contribution is 5.95. The summed E-state index contributed by atoms with van der Waals surface area (Å²) in [6, 6.07) is 12.7. The number of benzene rings is 2. The second-order valence-corrected chi connectivity index (χ2v) is 5.81. The fourth-order valence-corrected chi connectivity index (χ4v) is 2.97. The number of nitrogens with two attached hydrogens (primary N) is 1. The molecule has 0 fully saturated rings. The van der Waals surface area contributed by atoms with Gasteiger partial charge in [-0.2, -0.15) is 0 Å². The summed E-state index contributed by atoms with van der Waals surface area (Å²) in [6.07, 6.45) is 1.52. The number of rotatable bonds is 4. The van der Waals surface area contributed by atoms with Gasteiger partial charge in [0.15, 0.2) is 0 Å². The molecule has 0 heterocycles. The summed E-state index contributed by atoms with van der Waals surface area (Å²) >= 11 is 0. The summed E-state index contributed by atoms with van der Waals surface area (Å²) in [6.45, 7) is 0.304. The molecule has 0 bridgehead atoms. The van der Waals surface area contributed by atoms with Crippen molar-refractivity contribution in [2.24, 2.45) is 11.7 Å². The summed E-state index contributed by atoms with van der Waals surface area (Å²) in [5.74, 6) is -0.898. The number of carbonyl (C=O) groups is 2. The molecule has 0 aromatic heterocycles. The van der Waals surface area contributed by atoms with Gasteiger partial charge in [0.05, 0.1) is 5.56 Å². The van der Waals surface area contributed by atoms with E-state index in [1.807, 2.05) is 12.1 Å². The topological polar surface area (TPSA) is 92.4 Å². The molecule has 0 unspecified atom stereocenters. The monoisotopic (exact) mass is 310 g/mol. The molecule has 5 nitrogen and oxygen atoms in total. The second-order valence-electron chi connectivity index (χ2n) is 5.81. The van der Waals surface area contributed by atoms with Crippen LogP contribution in [0.3, 0.4) is 0 Å². The molecule has 4 N–H and O–H groups in total. The first kappa shape index (κ1) is 15.1. The first-order valence-electron chi connectivity index (χ1n) is 7.51. The van der Waals surface area contributed by atoms with Crippen molar-refractivity contribution in [3.8, 4) is 5.75 Å². The molecule has 0 radical (unpaired) electrons. The van der Waals surface area contributed by atoms with Crippen molar-refractivity contribution >= 4 is 11.8 Å². The Morgan fingerprint density at radius 3 is 2.35 bits per heavy atom. The summed E-state index contributed by atoms with van der Waals surface area (Å²) in [5, 5.41) is 12.6. The van der Waals surface area contributed by atoms with Crippen LogP contribution >= 0.6 is 0 Å². The molecule has 0 saturated heterocycles. The number of carbonyl (C=O) groups excluding carboxylic acids is 2. The van der Waals surface area contributed by atoms with Gasteiger partial charge < -0.3 is 16.2 Å². The van der Waals surface area contributed by atoms with Crippen LogP contribution in [-0.4, -0.2) is 16.9 Å². The standard InChI is InChI=1S/C18H18N2O3/c19-17(22)15-6-5-11(7-16(15)21)10-20-18(23)14-8-12-3-1-2-4-13(12)9-14/h1-7,14,21H,8-10H2,(H2,19,22)(H,20,23). The van der Waals surface area contributed by atoms with E-state index in [9.17, 15) is 14.7 Å². The van der Waals surface area contributed by atoms with Crippen LogP contribution in [0.15, 0.2) is 42.5 Å². The lowest BCUT2D eigenvalue weighted by atomic mass is 10.1. The average molecular weight is 310 g/mol. The lowest BCUT2D eigenvalue weighted by molar-refractivity contribution is -0.124. The molecule has 1 aliphatic carbocycles. The molecule has 23 heavy (non-hydrogen) atoms. The Kier molecular flexibility index (Phi) is 4.02. The second kappa shape index (κ2) is 6.12. The number of nitrogens with one attached hydrogen (secondary N) is 1. The number of aromatic hydroxyl groups is 1. The van der Waals surface area contributed by atoms with Crippen molar-refractivity contribution in [3.05, 3.63) is 64.7 Å². The van der Waals surface area contributed by atoms with Crippen LogP contribution < -0.4 is 11.1 Å². The van der Waals surface area contributed by atoms with Crippen LogP contribution in [0.1, 0.15) is 27.0 Å². The van der Waals surface area contributed by atoms with Crippen LogP contribution in [0.5, 0.6) is 5.75 Å². The normalized spacial score (nSPS) is 13.6. The van der Waals surface area contributed by atoms with E-state index in [0.717, 1.165) is 18.4 Å². The summed E-state index contributed by atoms with van der Waals surface area (Å²) in [4.78, 5) is 23.4. The van der Waals surface area contributed by atoms with Gasteiger partial charge in [0.25, 0.3) is 5.91 Å². The van der Waals surface area contributed by atoms with Gasteiger partial charge in [0, 0.05) is 12.5 Å². The van der Waals surface area contributed by atoms with Crippen molar-refractivity contribution in [2.45, 2.75) is 19.4 Å². The van der Waals surface area contributed by atoms with Crippen molar-refractivity contribution in [1.82, 2.24) is 5.32 Å². The number of hydrogen-bond acceptors (Lipinski definition) is 3. The summed E-state index contributed by atoms with van der Waals surface area (Å²) in [7, 11) is 0. The summed E-state index contributed by atoms with van der Waals surface area (Å²) < 4.78 is 0. The largest absolute Gasteiger partial charge is 0.507 e. The van der Waals surface area contributed by atoms with Crippen molar-refractivity contribution in [1.29, 1.82) is 0 Å². The summed E-state index contributed by atoms with van der Waals surface area (Å²) in [5.41, 5.74) is 8.40. The highest BCUT2D eigenvalue weighted by Gasteiger charge is 2.26. The molecular weight excluding hydrogens is 292 g/mol. The molecule has 0 spiro atoms. The van der Waals surface area contributed by atoms with Crippen LogP contribution in [0.4, 0.5) is 0 Å². The van der Waals surface area contributed by atoms with Gasteiger partial charge in [-0.25, -0.2) is 0 Å². The SMILES string of the molecule is NC(=O)c1ccc(CNC(=O)C2Cc3ccccc3C2)cc1O. The quantitative estimate of drug-likeness (QED) is 0.799. The molecule has 0 saturated carbocycles. The molecule has 2 aromatic carbocycles. The first-order chi connectivity index (χ1) is 11.0. The number of hydrogen-bond donors (Lipinski definition) is 3. The molecule has 3 rings (SSSR count). The van der Waals surface area contributed by atoms with E-state index < -0.39 is 5.91 Å². The molecule has 0 atom stereocenters. The smallest absolute Gasteiger partial charge is 0.252 e. The van der Waals surface area contributed by atoms with E-state index >= 15 is 0 Å². The van der Waals surface area contributed by atoms with Gasteiger partial charge >= 0.3 is 0 Å². The fraction of sp³-hybridized carbons (Fsp3) is 0.222. The van der Waals surface area contributed by atoms with Crippen LogP contribution in [-0.2, 0) is 24.2 Å². The Hall–Kier alpha value is -2.82. The molecule has 1 aliphatic rings. The fourth-order valence-electron chi connectivity index (χ4n) is 2.97.